The lowest BCUT2D eigenvalue weighted by Gasteiger charge is -2.27. The van der Waals surface area contributed by atoms with Crippen molar-refractivity contribution in [3.05, 3.63) is 70.1 Å². The molecule has 0 unspecified atom stereocenters. The molecule has 0 amide bonds. The molecule has 1 aromatic heterocycles. The standard InChI is InChI=1S/C24H27ClN4O4S/c1-5-10-32-22-16(13-26)11-18(12-21(22)25)24(2,3)17-6-8-19(9-7-17)27-14-20-15-28-23(33-20)29-34(4,30)31/h6-9,11-12,15,27H,5,10,14H2,1-4H3,(H,28,29). The van der Waals surface area contributed by atoms with E-state index in [0.29, 0.717) is 35.2 Å². The first-order valence-electron chi connectivity index (χ1n) is 10.7. The number of benzene rings is 2. The Balaban J connectivity index is 1.73. The van der Waals surface area contributed by atoms with Crippen LogP contribution in [0.4, 0.5) is 11.7 Å². The average Bonchev–Trinajstić information content (AvgIpc) is 3.22. The lowest BCUT2D eigenvalue weighted by molar-refractivity contribution is 0.316. The summed E-state index contributed by atoms with van der Waals surface area (Å²) in [5.41, 5.74) is 2.81. The summed E-state index contributed by atoms with van der Waals surface area (Å²) in [7, 11) is -3.45. The molecule has 0 bridgehead atoms. The SMILES string of the molecule is CCCOc1c(Cl)cc(C(C)(C)c2ccc(NCc3cnc(NS(C)(=O)=O)o3)cc2)cc1C#N. The van der Waals surface area contributed by atoms with Crippen LogP contribution in [0.5, 0.6) is 5.75 Å². The highest BCUT2D eigenvalue weighted by Gasteiger charge is 2.26. The zero-order chi connectivity index (χ0) is 24.9. The van der Waals surface area contributed by atoms with Crippen LogP contribution in [0.3, 0.4) is 0 Å². The fourth-order valence-corrected chi connectivity index (χ4v) is 4.03. The summed E-state index contributed by atoms with van der Waals surface area (Å²) in [5.74, 6) is 0.909. The Morgan fingerprint density at radius 1 is 1.21 bits per heavy atom. The topological polar surface area (TPSA) is 117 Å². The quantitative estimate of drug-likeness (QED) is 0.386. The van der Waals surface area contributed by atoms with E-state index in [1.165, 1.54) is 6.20 Å². The fraction of sp³-hybridized carbons (Fsp3) is 0.333. The van der Waals surface area contributed by atoms with Crippen molar-refractivity contribution < 1.29 is 17.6 Å². The minimum atomic E-state index is -3.45. The van der Waals surface area contributed by atoms with Gasteiger partial charge in [0.05, 0.1) is 36.2 Å². The highest BCUT2D eigenvalue weighted by molar-refractivity contribution is 7.91. The lowest BCUT2D eigenvalue weighted by atomic mass is 9.77. The Hall–Kier alpha value is -3.22. The van der Waals surface area contributed by atoms with E-state index in [1.54, 1.807) is 0 Å². The van der Waals surface area contributed by atoms with Crippen LogP contribution in [0.25, 0.3) is 0 Å². The van der Waals surface area contributed by atoms with Gasteiger partial charge in [-0.05, 0) is 41.8 Å². The Kier molecular flexibility index (Phi) is 7.75. The molecular weight excluding hydrogens is 476 g/mol. The number of sulfonamides is 1. The van der Waals surface area contributed by atoms with Crippen LogP contribution in [-0.4, -0.2) is 26.3 Å². The van der Waals surface area contributed by atoms with Crippen LogP contribution in [0.2, 0.25) is 5.02 Å². The van der Waals surface area contributed by atoms with Crippen molar-refractivity contribution in [1.29, 1.82) is 5.26 Å². The summed E-state index contributed by atoms with van der Waals surface area (Å²) in [6.07, 6.45) is 3.31. The number of aromatic nitrogens is 1. The number of ether oxygens (including phenoxy) is 1. The van der Waals surface area contributed by atoms with Gasteiger partial charge in [0, 0.05) is 11.1 Å². The summed E-state index contributed by atoms with van der Waals surface area (Å²) in [4.78, 5) is 3.90. The summed E-state index contributed by atoms with van der Waals surface area (Å²) in [5, 5.41) is 13.2. The summed E-state index contributed by atoms with van der Waals surface area (Å²) in [6, 6.07) is 13.7. The molecule has 1 heterocycles. The van der Waals surface area contributed by atoms with E-state index in [4.69, 9.17) is 20.8 Å². The van der Waals surface area contributed by atoms with Gasteiger partial charge in [-0.1, -0.05) is 44.5 Å². The van der Waals surface area contributed by atoms with Gasteiger partial charge in [-0.2, -0.15) is 5.26 Å². The van der Waals surface area contributed by atoms with Crippen molar-refractivity contribution in [3.8, 4) is 11.8 Å². The van der Waals surface area contributed by atoms with E-state index >= 15 is 0 Å². The van der Waals surface area contributed by atoms with E-state index < -0.39 is 15.4 Å². The minimum absolute atomic E-state index is 0.0714. The molecule has 0 saturated carbocycles. The van der Waals surface area contributed by atoms with Crippen LogP contribution < -0.4 is 14.8 Å². The third kappa shape index (κ3) is 6.22. The summed E-state index contributed by atoms with van der Waals surface area (Å²) in [6.45, 7) is 6.96. The monoisotopic (exact) mass is 502 g/mol. The maximum absolute atomic E-state index is 11.3. The molecule has 34 heavy (non-hydrogen) atoms. The van der Waals surface area contributed by atoms with Crippen molar-refractivity contribution in [2.24, 2.45) is 0 Å². The molecule has 0 aliphatic rings. The third-order valence-electron chi connectivity index (χ3n) is 5.24. The van der Waals surface area contributed by atoms with Gasteiger partial charge in [-0.15, -0.1) is 0 Å². The van der Waals surface area contributed by atoms with Gasteiger partial charge in [0.2, 0.25) is 10.0 Å². The normalized spacial score (nSPS) is 11.6. The molecule has 2 aromatic carbocycles. The third-order valence-corrected chi connectivity index (χ3v) is 6.06. The first-order valence-corrected chi connectivity index (χ1v) is 12.9. The number of oxazole rings is 1. The molecule has 0 atom stereocenters. The zero-order valence-corrected chi connectivity index (χ0v) is 21.0. The van der Waals surface area contributed by atoms with Gasteiger partial charge >= 0.3 is 6.01 Å². The largest absolute Gasteiger partial charge is 0.491 e. The van der Waals surface area contributed by atoms with Crippen molar-refractivity contribution in [2.45, 2.75) is 39.2 Å². The Bertz CT molecular complexity index is 1300. The number of anilines is 2. The Labute approximate surface area is 205 Å². The van der Waals surface area contributed by atoms with Crippen molar-refractivity contribution in [2.75, 3.05) is 22.9 Å². The van der Waals surface area contributed by atoms with E-state index in [2.05, 4.69) is 34.9 Å². The van der Waals surface area contributed by atoms with Crippen molar-refractivity contribution in [1.82, 2.24) is 4.98 Å². The van der Waals surface area contributed by atoms with Gasteiger partial charge in [0.15, 0.2) is 5.75 Å². The molecular formula is C24H27ClN4O4S. The fourth-order valence-electron chi connectivity index (χ4n) is 3.34. The number of nitrogens with zero attached hydrogens (tertiary/aromatic N) is 2. The number of rotatable bonds is 10. The highest BCUT2D eigenvalue weighted by atomic mass is 35.5. The van der Waals surface area contributed by atoms with Crippen LogP contribution in [0.15, 0.2) is 47.0 Å². The number of nitrogens with one attached hydrogen (secondary N) is 2. The maximum Gasteiger partial charge on any atom is 0.308 e. The lowest BCUT2D eigenvalue weighted by Crippen LogP contribution is -2.19. The van der Waals surface area contributed by atoms with E-state index in [0.717, 1.165) is 29.5 Å². The zero-order valence-electron chi connectivity index (χ0n) is 19.5. The maximum atomic E-state index is 11.3. The molecule has 0 aliphatic carbocycles. The van der Waals surface area contributed by atoms with Crippen LogP contribution >= 0.6 is 11.6 Å². The van der Waals surface area contributed by atoms with Gasteiger partial charge < -0.3 is 14.5 Å². The van der Waals surface area contributed by atoms with E-state index in [9.17, 15) is 13.7 Å². The first kappa shape index (κ1) is 25.4. The number of halogens is 1. The van der Waals surface area contributed by atoms with Crippen LogP contribution in [0.1, 0.15) is 49.6 Å². The van der Waals surface area contributed by atoms with Crippen LogP contribution in [-0.2, 0) is 22.0 Å². The molecule has 0 radical (unpaired) electrons. The molecule has 10 heteroatoms. The Morgan fingerprint density at radius 2 is 1.91 bits per heavy atom. The van der Waals surface area contributed by atoms with Crippen LogP contribution in [0, 0.1) is 11.3 Å². The number of hydrogen-bond donors (Lipinski definition) is 2. The second kappa shape index (κ2) is 10.4. The average molecular weight is 503 g/mol. The van der Waals surface area contributed by atoms with Crippen molar-refractivity contribution in [3.63, 3.8) is 0 Å². The molecule has 0 fully saturated rings. The number of hydrogen-bond acceptors (Lipinski definition) is 7. The Morgan fingerprint density at radius 3 is 2.53 bits per heavy atom. The second-order valence-corrected chi connectivity index (χ2v) is 10.5. The highest BCUT2D eigenvalue weighted by Crippen LogP contribution is 2.38. The van der Waals surface area contributed by atoms with Gasteiger partial charge in [0.1, 0.15) is 11.8 Å². The van der Waals surface area contributed by atoms with Gasteiger partial charge in [0.25, 0.3) is 0 Å². The van der Waals surface area contributed by atoms with Crippen molar-refractivity contribution >= 4 is 33.3 Å². The summed E-state index contributed by atoms with van der Waals surface area (Å²) < 4.78 is 35.8. The molecule has 3 rings (SSSR count). The number of nitriles is 1. The van der Waals surface area contributed by atoms with E-state index in [-0.39, 0.29) is 6.01 Å². The first-order chi connectivity index (χ1) is 16.0. The predicted molar refractivity (Wildman–Crippen MR) is 133 cm³/mol. The molecule has 8 nitrogen and oxygen atoms in total. The molecule has 0 spiro atoms. The molecule has 2 N–H and O–H groups in total. The molecule has 3 aromatic rings. The second-order valence-electron chi connectivity index (χ2n) is 8.36. The molecule has 180 valence electrons. The summed E-state index contributed by atoms with van der Waals surface area (Å²) >= 11 is 6.47. The van der Waals surface area contributed by atoms with E-state index in [1.807, 2.05) is 43.3 Å². The molecule has 0 aliphatic heterocycles. The van der Waals surface area contributed by atoms with Gasteiger partial charge in [-0.25, -0.2) is 18.1 Å². The molecule has 0 saturated heterocycles. The van der Waals surface area contributed by atoms with Gasteiger partial charge in [-0.3, -0.25) is 0 Å². The predicted octanol–water partition coefficient (Wildman–Crippen LogP) is 5.30. The minimum Gasteiger partial charge on any atom is -0.491 e. The smallest absolute Gasteiger partial charge is 0.308 e.